The van der Waals surface area contributed by atoms with Gasteiger partial charge in [0.15, 0.2) is 0 Å². The monoisotopic (exact) mass is 336 g/mol. The molecule has 0 spiro atoms. The number of hydrogen-bond acceptors (Lipinski definition) is 4. The highest BCUT2D eigenvalue weighted by Crippen LogP contribution is 2.25. The van der Waals surface area contributed by atoms with Crippen molar-refractivity contribution in [3.05, 3.63) is 78.9 Å². The first-order chi connectivity index (χ1) is 12.3. The van der Waals surface area contributed by atoms with E-state index in [1.807, 2.05) is 78.9 Å². The van der Waals surface area contributed by atoms with E-state index in [0.717, 1.165) is 28.7 Å². The topological polar surface area (TPSA) is 36.9 Å². The molecule has 0 unspecified atom stereocenters. The summed E-state index contributed by atoms with van der Waals surface area (Å²) in [5, 5.41) is 0. The van der Waals surface area contributed by atoms with Gasteiger partial charge in [-0.05, 0) is 48.5 Å². The number of methoxy groups -OCH3 is 1. The highest BCUT2D eigenvalue weighted by atomic mass is 16.5. The fourth-order valence-electron chi connectivity index (χ4n) is 2.24. The molecule has 0 amide bonds. The molecule has 0 bridgehead atoms. The van der Waals surface area contributed by atoms with Gasteiger partial charge in [0.05, 0.1) is 7.11 Å². The van der Waals surface area contributed by atoms with Crippen molar-refractivity contribution in [3.8, 4) is 28.7 Å². The lowest BCUT2D eigenvalue weighted by Crippen LogP contribution is -2.08. The van der Waals surface area contributed by atoms with Crippen LogP contribution in [-0.4, -0.2) is 20.3 Å². The van der Waals surface area contributed by atoms with Gasteiger partial charge in [0, 0.05) is 6.07 Å². The number of ether oxygens (including phenoxy) is 4. The van der Waals surface area contributed by atoms with Crippen molar-refractivity contribution in [2.75, 3.05) is 20.3 Å². The third kappa shape index (κ3) is 5.18. The van der Waals surface area contributed by atoms with Crippen LogP contribution in [0.3, 0.4) is 0 Å². The van der Waals surface area contributed by atoms with Crippen LogP contribution in [0.15, 0.2) is 78.9 Å². The molecule has 0 saturated heterocycles. The van der Waals surface area contributed by atoms with Gasteiger partial charge in [0.2, 0.25) is 0 Å². The Kier molecular flexibility index (Phi) is 5.77. The largest absolute Gasteiger partial charge is 0.497 e. The van der Waals surface area contributed by atoms with Crippen molar-refractivity contribution in [2.45, 2.75) is 0 Å². The van der Waals surface area contributed by atoms with Crippen LogP contribution in [0.4, 0.5) is 0 Å². The van der Waals surface area contributed by atoms with Crippen LogP contribution in [0.5, 0.6) is 28.7 Å². The smallest absolute Gasteiger partial charge is 0.131 e. The normalized spacial score (nSPS) is 10.1. The van der Waals surface area contributed by atoms with Crippen molar-refractivity contribution in [1.29, 1.82) is 0 Å². The molecule has 0 atom stereocenters. The minimum absolute atomic E-state index is 0.445. The Morgan fingerprint density at radius 1 is 0.560 bits per heavy atom. The SMILES string of the molecule is COc1ccc(OCCOc2cccc(Oc3ccccc3)c2)cc1. The van der Waals surface area contributed by atoms with Crippen molar-refractivity contribution in [3.63, 3.8) is 0 Å². The summed E-state index contributed by atoms with van der Waals surface area (Å²) in [6.45, 7) is 0.900. The fraction of sp³-hybridized carbons (Fsp3) is 0.143. The van der Waals surface area contributed by atoms with Gasteiger partial charge >= 0.3 is 0 Å². The van der Waals surface area contributed by atoms with Crippen LogP contribution in [0.1, 0.15) is 0 Å². The van der Waals surface area contributed by atoms with E-state index in [2.05, 4.69) is 0 Å². The zero-order valence-corrected chi connectivity index (χ0v) is 14.1. The molecule has 0 fully saturated rings. The molecule has 0 aliphatic rings. The Labute approximate surface area is 147 Å². The second kappa shape index (κ2) is 8.64. The van der Waals surface area contributed by atoms with Gasteiger partial charge in [-0.15, -0.1) is 0 Å². The summed E-state index contributed by atoms with van der Waals surface area (Å²) in [5.41, 5.74) is 0. The van der Waals surface area contributed by atoms with Crippen LogP contribution in [0, 0.1) is 0 Å². The molecule has 3 aromatic carbocycles. The van der Waals surface area contributed by atoms with Crippen LogP contribution < -0.4 is 18.9 Å². The molecule has 0 aliphatic carbocycles. The van der Waals surface area contributed by atoms with E-state index >= 15 is 0 Å². The van der Waals surface area contributed by atoms with E-state index in [-0.39, 0.29) is 0 Å². The number of benzene rings is 3. The quantitative estimate of drug-likeness (QED) is 0.546. The van der Waals surface area contributed by atoms with E-state index < -0.39 is 0 Å². The number of hydrogen-bond donors (Lipinski definition) is 0. The average Bonchev–Trinajstić information content (AvgIpc) is 2.67. The fourth-order valence-corrected chi connectivity index (χ4v) is 2.24. The molecule has 0 aliphatic heterocycles. The van der Waals surface area contributed by atoms with Crippen LogP contribution in [0.2, 0.25) is 0 Å². The second-order valence-corrected chi connectivity index (χ2v) is 5.26. The van der Waals surface area contributed by atoms with Crippen molar-refractivity contribution in [1.82, 2.24) is 0 Å². The van der Waals surface area contributed by atoms with E-state index in [0.29, 0.717) is 13.2 Å². The lowest BCUT2D eigenvalue weighted by Gasteiger charge is -2.10. The van der Waals surface area contributed by atoms with Gasteiger partial charge in [-0.2, -0.15) is 0 Å². The predicted octanol–water partition coefficient (Wildman–Crippen LogP) is 4.95. The van der Waals surface area contributed by atoms with Crippen LogP contribution >= 0.6 is 0 Å². The Hall–Kier alpha value is -3.14. The van der Waals surface area contributed by atoms with Crippen LogP contribution in [-0.2, 0) is 0 Å². The third-order valence-electron chi connectivity index (χ3n) is 3.46. The van der Waals surface area contributed by atoms with Gasteiger partial charge in [0.1, 0.15) is 42.0 Å². The van der Waals surface area contributed by atoms with Crippen molar-refractivity contribution < 1.29 is 18.9 Å². The molecular weight excluding hydrogens is 316 g/mol. The Morgan fingerprint density at radius 3 is 1.88 bits per heavy atom. The van der Waals surface area contributed by atoms with E-state index in [1.54, 1.807) is 7.11 Å². The standard InChI is InChI=1S/C21H20O4/c1-22-17-10-12-18(13-11-17)23-14-15-24-20-8-5-9-21(16-20)25-19-6-3-2-4-7-19/h2-13,16H,14-15H2,1H3. The Morgan fingerprint density at radius 2 is 1.16 bits per heavy atom. The highest BCUT2D eigenvalue weighted by Gasteiger charge is 2.01. The predicted molar refractivity (Wildman–Crippen MR) is 96.9 cm³/mol. The van der Waals surface area contributed by atoms with Gasteiger partial charge < -0.3 is 18.9 Å². The second-order valence-electron chi connectivity index (χ2n) is 5.26. The molecule has 0 saturated carbocycles. The maximum Gasteiger partial charge on any atom is 0.131 e. The molecular formula is C21H20O4. The number of para-hydroxylation sites is 1. The summed E-state index contributed by atoms with van der Waals surface area (Å²) >= 11 is 0. The van der Waals surface area contributed by atoms with Crippen molar-refractivity contribution >= 4 is 0 Å². The van der Waals surface area contributed by atoms with E-state index in [1.165, 1.54) is 0 Å². The molecule has 4 nitrogen and oxygen atoms in total. The molecule has 3 aromatic rings. The minimum Gasteiger partial charge on any atom is -0.497 e. The Bertz CT molecular complexity index is 769. The summed E-state index contributed by atoms with van der Waals surface area (Å²) in [6, 6.07) is 24.7. The maximum absolute atomic E-state index is 5.79. The minimum atomic E-state index is 0.445. The molecule has 0 heterocycles. The zero-order chi connectivity index (χ0) is 17.3. The Balaban J connectivity index is 1.47. The van der Waals surface area contributed by atoms with E-state index in [4.69, 9.17) is 18.9 Å². The molecule has 0 N–H and O–H groups in total. The zero-order valence-electron chi connectivity index (χ0n) is 14.1. The molecule has 3 rings (SSSR count). The first-order valence-corrected chi connectivity index (χ1v) is 8.06. The first kappa shape index (κ1) is 16.7. The lowest BCUT2D eigenvalue weighted by atomic mass is 10.3. The third-order valence-corrected chi connectivity index (χ3v) is 3.46. The summed E-state index contributed by atoms with van der Waals surface area (Å²) in [6.07, 6.45) is 0. The lowest BCUT2D eigenvalue weighted by molar-refractivity contribution is 0.216. The highest BCUT2D eigenvalue weighted by molar-refractivity contribution is 5.36. The molecule has 0 aromatic heterocycles. The molecule has 0 radical (unpaired) electrons. The van der Waals surface area contributed by atoms with Gasteiger partial charge in [-0.25, -0.2) is 0 Å². The summed E-state index contributed by atoms with van der Waals surface area (Å²) in [7, 11) is 1.64. The van der Waals surface area contributed by atoms with Crippen molar-refractivity contribution in [2.24, 2.45) is 0 Å². The van der Waals surface area contributed by atoms with E-state index in [9.17, 15) is 0 Å². The maximum atomic E-state index is 5.79. The summed E-state index contributed by atoms with van der Waals surface area (Å²) in [5.74, 6) is 3.86. The average molecular weight is 336 g/mol. The van der Waals surface area contributed by atoms with Gasteiger partial charge in [-0.3, -0.25) is 0 Å². The van der Waals surface area contributed by atoms with Gasteiger partial charge in [0.25, 0.3) is 0 Å². The first-order valence-electron chi connectivity index (χ1n) is 8.06. The summed E-state index contributed by atoms with van der Waals surface area (Å²) in [4.78, 5) is 0. The molecule has 128 valence electrons. The number of rotatable bonds is 8. The van der Waals surface area contributed by atoms with Crippen LogP contribution in [0.25, 0.3) is 0 Å². The molecule has 4 heteroatoms. The molecule has 25 heavy (non-hydrogen) atoms. The summed E-state index contributed by atoms with van der Waals surface area (Å²) < 4.78 is 22.3. The van der Waals surface area contributed by atoms with Gasteiger partial charge in [-0.1, -0.05) is 24.3 Å².